The molecule has 0 radical (unpaired) electrons. The van der Waals surface area contributed by atoms with Gasteiger partial charge in [0, 0.05) is 4.90 Å². The number of carbonyl (C=O) groups is 1. The number of rotatable bonds is 4. The van der Waals surface area contributed by atoms with Gasteiger partial charge in [-0.2, -0.15) is 0 Å². The fourth-order valence-electron chi connectivity index (χ4n) is 1.61. The summed E-state index contributed by atoms with van der Waals surface area (Å²) in [7, 11) is 0. The van der Waals surface area contributed by atoms with Crippen LogP contribution in [0.1, 0.15) is 0 Å². The quantitative estimate of drug-likeness (QED) is 0.293. The summed E-state index contributed by atoms with van der Waals surface area (Å²) in [6.45, 7) is 0. The fourth-order valence-corrected chi connectivity index (χ4v) is 2.42. The van der Waals surface area contributed by atoms with Crippen LogP contribution in [0.3, 0.4) is 0 Å². The van der Waals surface area contributed by atoms with Crippen LogP contribution in [0, 0.1) is 0 Å². The summed E-state index contributed by atoms with van der Waals surface area (Å²) < 4.78 is 0. The van der Waals surface area contributed by atoms with Gasteiger partial charge in [-0.3, -0.25) is 0 Å². The van der Waals surface area contributed by atoms with Crippen molar-refractivity contribution in [2.24, 2.45) is 11.6 Å². The number of hydrogen-bond acceptors (Lipinski definition) is 5. The van der Waals surface area contributed by atoms with Gasteiger partial charge in [0.25, 0.3) is 0 Å². The number of thioether (sulfide) groups is 1. The molecule has 0 atom stereocenters. The predicted molar refractivity (Wildman–Crippen MR) is 76.0 cm³/mol. The standard InChI is InChI=1S/C13H13N3O2S/c14-11(13(17)18)12(16-15)19-10-6-5-8-3-1-2-4-9(8)7-10/h1-7,16H,14-15H2,(H,17,18)/b12-11+. The highest BCUT2D eigenvalue weighted by atomic mass is 32.2. The summed E-state index contributed by atoms with van der Waals surface area (Å²) in [5.41, 5.74) is 7.46. The van der Waals surface area contributed by atoms with E-state index in [0.29, 0.717) is 0 Å². The molecule has 0 unspecified atom stereocenters. The highest BCUT2D eigenvalue weighted by Gasteiger charge is 2.11. The number of nitrogens with one attached hydrogen (secondary N) is 1. The largest absolute Gasteiger partial charge is 0.477 e. The molecule has 2 rings (SSSR count). The first kappa shape index (κ1) is 13.3. The SMILES string of the molecule is NN/C(Sc1ccc2ccccc2c1)=C(\N)C(=O)O. The predicted octanol–water partition coefficient (Wildman–Crippen LogP) is 1.61. The molecule has 0 amide bonds. The third-order valence-corrected chi connectivity index (χ3v) is 3.58. The maximum Gasteiger partial charge on any atom is 0.354 e. The monoisotopic (exact) mass is 275 g/mol. The van der Waals surface area contributed by atoms with Crippen LogP contribution in [0.4, 0.5) is 0 Å². The van der Waals surface area contributed by atoms with Crippen LogP contribution in [-0.4, -0.2) is 11.1 Å². The van der Waals surface area contributed by atoms with Crippen LogP contribution in [0.5, 0.6) is 0 Å². The molecule has 6 heteroatoms. The number of benzene rings is 2. The Labute approximate surface area is 114 Å². The number of nitrogens with two attached hydrogens (primary N) is 2. The zero-order chi connectivity index (χ0) is 13.8. The van der Waals surface area contributed by atoms with Gasteiger partial charge in [0.15, 0.2) is 0 Å². The minimum atomic E-state index is -1.21. The molecule has 0 saturated heterocycles. The molecule has 0 heterocycles. The molecular weight excluding hydrogens is 262 g/mol. The lowest BCUT2D eigenvalue weighted by molar-refractivity contribution is -0.132. The second-order valence-corrected chi connectivity index (χ2v) is 4.89. The lowest BCUT2D eigenvalue weighted by Crippen LogP contribution is -2.26. The zero-order valence-corrected chi connectivity index (χ0v) is 10.8. The van der Waals surface area contributed by atoms with Crippen molar-refractivity contribution in [1.82, 2.24) is 5.43 Å². The minimum absolute atomic E-state index is 0.211. The van der Waals surface area contributed by atoms with E-state index in [2.05, 4.69) is 5.43 Å². The maximum absolute atomic E-state index is 10.8. The smallest absolute Gasteiger partial charge is 0.354 e. The number of hydrogen-bond donors (Lipinski definition) is 4. The van der Waals surface area contributed by atoms with Gasteiger partial charge in [-0.25, -0.2) is 10.6 Å². The van der Waals surface area contributed by atoms with E-state index < -0.39 is 5.97 Å². The minimum Gasteiger partial charge on any atom is -0.477 e. The van der Waals surface area contributed by atoms with Gasteiger partial charge in [-0.1, -0.05) is 42.1 Å². The first-order valence-electron chi connectivity index (χ1n) is 5.48. The maximum atomic E-state index is 10.8. The summed E-state index contributed by atoms with van der Waals surface area (Å²) in [6.07, 6.45) is 0. The van der Waals surface area contributed by atoms with E-state index in [1.54, 1.807) is 0 Å². The number of fused-ring (bicyclic) bond motifs is 1. The van der Waals surface area contributed by atoms with E-state index in [4.69, 9.17) is 16.7 Å². The zero-order valence-electron chi connectivity index (χ0n) is 9.96. The van der Waals surface area contributed by atoms with Gasteiger partial charge in [0.1, 0.15) is 10.7 Å². The Morgan fingerprint density at radius 3 is 2.47 bits per heavy atom. The van der Waals surface area contributed by atoms with Gasteiger partial charge >= 0.3 is 5.97 Å². The van der Waals surface area contributed by atoms with Gasteiger partial charge in [-0.05, 0) is 22.9 Å². The third kappa shape index (κ3) is 2.98. The van der Waals surface area contributed by atoms with Gasteiger partial charge in [0.2, 0.25) is 0 Å². The molecular formula is C13H13N3O2S. The van der Waals surface area contributed by atoms with Gasteiger partial charge in [0.05, 0.1) is 0 Å². The first-order chi connectivity index (χ1) is 9.11. The Balaban J connectivity index is 2.35. The molecule has 0 aromatic heterocycles. The van der Waals surface area contributed by atoms with Crippen LogP contribution >= 0.6 is 11.8 Å². The van der Waals surface area contributed by atoms with E-state index in [9.17, 15) is 4.79 Å². The van der Waals surface area contributed by atoms with E-state index in [-0.39, 0.29) is 10.7 Å². The normalized spacial score (nSPS) is 12.1. The summed E-state index contributed by atoms with van der Waals surface area (Å²) >= 11 is 1.18. The molecule has 0 fully saturated rings. The van der Waals surface area contributed by atoms with Crippen LogP contribution in [-0.2, 0) is 4.79 Å². The number of aliphatic carboxylic acids is 1. The Bertz CT molecular complexity index is 655. The highest BCUT2D eigenvalue weighted by Crippen LogP contribution is 2.28. The van der Waals surface area contributed by atoms with Crippen molar-refractivity contribution in [3.05, 3.63) is 53.2 Å². The van der Waals surface area contributed by atoms with Crippen LogP contribution in [0.25, 0.3) is 10.8 Å². The lowest BCUT2D eigenvalue weighted by Gasteiger charge is -2.09. The number of carboxylic acids is 1. The fraction of sp³-hybridized carbons (Fsp3) is 0. The van der Waals surface area contributed by atoms with Crippen molar-refractivity contribution in [2.75, 3.05) is 0 Å². The summed E-state index contributed by atoms with van der Waals surface area (Å²) in [6, 6.07) is 13.7. The molecule has 0 bridgehead atoms. The van der Waals surface area contributed by atoms with E-state index in [0.717, 1.165) is 15.7 Å². The van der Waals surface area contributed by atoms with Crippen LogP contribution < -0.4 is 17.0 Å². The molecule has 0 saturated carbocycles. The molecule has 0 spiro atoms. The number of carboxylic acid groups (broad SMARTS) is 1. The van der Waals surface area contributed by atoms with E-state index >= 15 is 0 Å². The van der Waals surface area contributed by atoms with Crippen molar-refractivity contribution >= 4 is 28.5 Å². The summed E-state index contributed by atoms with van der Waals surface area (Å²) in [5, 5.41) is 11.2. The molecule has 2 aromatic rings. The van der Waals surface area contributed by atoms with Crippen molar-refractivity contribution < 1.29 is 9.90 Å². The van der Waals surface area contributed by atoms with Crippen LogP contribution in [0.2, 0.25) is 0 Å². The lowest BCUT2D eigenvalue weighted by atomic mass is 10.1. The Morgan fingerprint density at radius 1 is 1.16 bits per heavy atom. The van der Waals surface area contributed by atoms with Gasteiger partial charge < -0.3 is 16.3 Å². The third-order valence-electron chi connectivity index (χ3n) is 2.55. The Morgan fingerprint density at radius 2 is 1.84 bits per heavy atom. The summed E-state index contributed by atoms with van der Waals surface area (Å²) in [4.78, 5) is 11.7. The topological polar surface area (TPSA) is 101 Å². The van der Waals surface area contributed by atoms with E-state index in [1.807, 2.05) is 42.5 Å². The molecule has 2 aromatic carbocycles. The van der Waals surface area contributed by atoms with Crippen molar-refractivity contribution in [1.29, 1.82) is 0 Å². The molecule has 5 nitrogen and oxygen atoms in total. The molecule has 19 heavy (non-hydrogen) atoms. The Hall–Kier alpha value is -2.18. The molecule has 0 aliphatic rings. The Kier molecular flexibility index (Phi) is 3.94. The average Bonchev–Trinajstić information content (AvgIpc) is 2.43. The molecule has 0 aliphatic carbocycles. The average molecular weight is 275 g/mol. The van der Waals surface area contributed by atoms with Crippen molar-refractivity contribution in [3.8, 4) is 0 Å². The molecule has 6 N–H and O–H groups in total. The number of hydrazine groups is 1. The van der Waals surface area contributed by atoms with Crippen LogP contribution in [0.15, 0.2) is 58.1 Å². The summed E-state index contributed by atoms with van der Waals surface area (Å²) in [5.74, 6) is 4.09. The molecule has 98 valence electrons. The van der Waals surface area contributed by atoms with Crippen molar-refractivity contribution in [2.45, 2.75) is 4.90 Å². The first-order valence-corrected chi connectivity index (χ1v) is 6.30. The van der Waals surface area contributed by atoms with Crippen molar-refractivity contribution in [3.63, 3.8) is 0 Å². The van der Waals surface area contributed by atoms with Gasteiger partial charge in [-0.15, -0.1) is 0 Å². The second kappa shape index (κ2) is 5.64. The second-order valence-electron chi connectivity index (χ2n) is 3.80. The highest BCUT2D eigenvalue weighted by molar-refractivity contribution is 8.03. The van der Waals surface area contributed by atoms with E-state index in [1.165, 1.54) is 11.8 Å². The molecule has 0 aliphatic heterocycles.